The van der Waals surface area contributed by atoms with Crippen LogP contribution in [-0.4, -0.2) is 41.7 Å². The zero-order chi connectivity index (χ0) is 19.9. The number of benzene rings is 1. The summed E-state index contributed by atoms with van der Waals surface area (Å²) in [6.45, 7) is 3.20. The van der Waals surface area contributed by atoms with Gasteiger partial charge in [-0.25, -0.2) is 4.98 Å². The Labute approximate surface area is 166 Å². The summed E-state index contributed by atoms with van der Waals surface area (Å²) in [5.74, 6) is 1.57. The lowest BCUT2D eigenvalue weighted by Gasteiger charge is -2.35. The summed E-state index contributed by atoms with van der Waals surface area (Å²) in [5.41, 5.74) is 0.966. The number of likely N-dealkylation sites (tertiary alicyclic amines) is 1. The Hall–Kier alpha value is -2.47. The molecule has 2 heterocycles. The SMILES string of the molecule is CC(=O)CCCCCC(NC(=O)C1CN(C)C1)c1ncc(-c2ccccc2)o1. The molecule has 3 rings (SSSR count). The molecule has 0 bridgehead atoms. The van der Waals surface area contributed by atoms with Gasteiger partial charge in [0.25, 0.3) is 0 Å². The number of carbonyl (C=O) groups is 2. The molecule has 0 saturated carbocycles. The Morgan fingerprint density at radius 3 is 2.64 bits per heavy atom. The number of nitrogens with one attached hydrogen (secondary N) is 1. The molecule has 1 aromatic heterocycles. The molecule has 28 heavy (non-hydrogen) atoms. The molecular weight excluding hydrogens is 354 g/mol. The average molecular weight is 383 g/mol. The van der Waals surface area contributed by atoms with Gasteiger partial charge in [0.1, 0.15) is 11.8 Å². The van der Waals surface area contributed by atoms with Crippen LogP contribution in [0.2, 0.25) is 0 Å². The third kappa shape index (κ3) is 5.52. The molecule has 0 spiro atoms. The molecule has 6 heteroatoms. The fourth-order valence-corrected chi connectivity index (χ4v) is 3.50. The van der Waals surface area contributed by atoms with Crippen LogP contribution in [-0.2, 0) is 9.59 Å². The van der Waals surface area contributed by atoms with Gasteiger partial charge in [-0.3, -0.25) is 4.79 Å². The van der Waals surface area contributed by atoms with E-state index in [4.69, 9.17) is 4.42 Å². The van der Waals surface area contributed by atoms with Crippen molar-refractivity contribution in [3.8, 4) is 11.3 Å². The van der Waals surface area contributed by atoms with E-state index in [9.17, 15) is 9.59 Å². The Morgan fingerprint density at radius 2 is 1.96 bits per heavy atom. The summed E-state index contributed by atoms with van der Waals surface area (Å²) in [6, 6.07) is 9.58. The molecular formula is C22H29N3O3. The molecule has 0 radical (unpaired) electrons. The summed E-state index contributed by atoms with van der Waals surface area (Å²) in [4.78, 5) is 30.2. The number of hydrogen-bond acceptors (Lipinski definition) is 5. The highest BCUT2D eigenvalue weighted by Gasteiger charge is 2.32. The number of nitrogens with zero attached hydrogens (tertiary/aromatic N) is 2. The highest BCUT2D eigenvalue weighted by molar-refractivity contribution is 5.80. The minimum absolute atomic E-state index is 0.0359. The van der Waals surface area contributed by atoms with Crippen LogP contribution in [0.3, 0.4) is 0 Å². The van der Waals surface area contributed by atoms with Crippen molar-refractivity contribution < 1.29 is 14.0 Å². The predicted molar refractivity (Wildman–Crippen MR) is 108 cm³/mol. The van der Waals surface area contributed by atoms with Crippen LogP contribution >= 0.6 is 0 Å². The van der Waals surface area contributed by atoms with Gasteiger partial charge >= 0.3 is 0 Å². The van der Waals surface area contributed by atoms with E-state index in [0.29, 0.717) is 18.1 Å². The fourth-order valence-electron chi connectivity index (χ4n) is 3.50. The number of aromatic nitrogens is 1. The van der Waals surface area contributed by atoms with Crippen LogP contribution in [0.1, 0.15) is 51.0 Å². The standard InChI is InChI=1S/C22H29N3O3/c1-16(26)9-5-3-8-12-19(24-21(27)18-14-25(2)15-18)22-23-13-20(28-22)17-10-6-4-7-11-17/h4,6-7,10-11,13,18-19H,3,5,8-9,12,14-15H2,1-2H3,(H,24,27). The van der Waals surface area contributed by atoms with Gasteiger partial charge < -0.3 is 19.4 Å². The van der Waals surface area contributed by atoms with Crippen LogP contribution in [0.5, 0.6) is 0 Å². The van der Waals surface area contributed by atoms with Crippen molar-refractivity contribution >= 4 is 11.7 Å². The topological polar surface area (TPSA) is 75.4 Å². The van der Waals surface area contributed by atoms with Gasteiger partial charge in [0.15, 0.2) is 5.76 Å². The van der Waals surface area contributed by atoms with Crippen LogP contribution in [0.4, 0.5) is 0 Å². The average Bonchev–Trinajstić information content (AvgIpc) is 3.14. The summed E-state index contributed by atoms with van der Waals surface area (Å²) >= 11 is 0. The molecule has 1 unspecified atom stereocenters. The minimum atomic E-state index is -0.242. The molecule has 6 nitrogen and oxygen atoms in total. The smallest absolute Gasteiger partial charge is 0.226 e. The number of amides is 1. The maximum atomic E-state index is 12.6. The largest absolute Gasteiger partial charge is 0.438 e. The Morgan fingerprint density at radius 1 is 1.21 bits per heavy atom. The van der Waals surface area contributed by atoms with E-state index in [1.165, 1.54) is 0 Å². The summed E-state index contributed by atoms with van der Waals surface area (Å²) in [7, 11) is 2.01. The van der Waals surface area contributed by atoms with Crippen LogP contribution in [0.15, 0.2) is 40.9 Å². The Balaban J connectivity index is 1.64. The molecule has 1 amide bonds. The summed E-state index contributed by atoms with van der Waals surface area (Å²) in [6.07, 6.45) is 5.82. The number of hydrogen-bond donors (Lipinski definition) is 1. The van der Waals surface area contributed by atoms with Gasteiger partial charge in [-0.15, -0.1) is 0 Å². The zero-order valence-electron chi connectivity index (χ0n) is 16.7. The molecule has 2 aromatic rings. The molecule has 1 aliphatic heterocycles. The molecule has 150 valence electrons. The van der Waals surface area contributed by atoms with Crippen molar-refractivity contribution in [3.63, 3.8) is 0 Å². The van der Waals surface area contributed by atoms with Gasteiger partial charge in [0.2, 0.25) is 11.8 Å². The van der Waals surface area contributed by atoms with Gasteiger partial charge in [-0.05, 0) is 26.8 Å². The van der Waals surface area contributed by atoms with Gasteiger partial charge in [0, 0.05) is 25.1 Å². The van der Waals surface area contributed by atoms with Crippen molar-refractivity contribution in [1.29, 1.82) is 0 Å². The third-order valence-electron chi connectivity index (χ3n) is 5.15. The van der Waals surface area contributed by atoms with Crippen LogP contribution in [0, 0.1) is 5.92 Å². The van der Waals surface area contributed by atoms with E-state index >= 15 is 0 Å². The van der Waals surface area contributed by atoms with E-state index in [1.807, 2.05) is 37.4 Å². The predicted octanol–water partition coefficient (Wildman–Crippen LogP) is 3.60. The van der Waals surface area contributed by atoms with E-state index in [1.54, 1.807) is 13.1 Å². The van der Waals surface area contributed by atoms with Gasteiger partial charge in [-0.2, -0.15) is 0 Å². The highest BCUT2D eigenvalue weighted by atomic mass is 16.4. The van der Waals surface area contributed by atoms with E-state index in [-0.39, 0.29) is 23.7 Å². The number of ketones is 1. The maximum absolute atomic E-state index is 12.6. The number of oxazole rings is 1. The lowest BCUT2D eigenvalue weighted by molar-refractivity contribution is -0.130. The van der Waals surface area contributed by atoms with E-state index < -0.39 is 0 Å². The number of carbonyl (C=O) groups excluding carboxylic acids is 2. The molecule has 1 atom stereocenters. The highest BCUT2D eigenvalue weighted by Crippen LogP contribution is 2.26. The molecule has 1 fully saturated rings. The lowest BCUT2D eigenvalue weighted by atomic mass is 9.99. The number of Topliss-reactive ketones (excluding diaryl/α,β-unsaturated/α-hetero) is 1. The minimum Gasteiger partial charge on any atom is -0.438 e. The second-order valence-corrected chi connectivity index (χ2v) is 7.71. The maximum Gasteiger partial charge on any atom is 0.226 e. The van der Waals surface area contributed by atoms with Crippen LogP contribution in [0.25, 0.3) is 11.3 Å². The molecule has 1 saturated heterocycles. The zero-order valence-corrected chi connectivity index (χ0v) is 16.7. The van der Waals surface area contributed by atoms with Crippen molar-refractivity contribution in [2.45, 2.75) is 45.1 Å². The second-order valence-electron chi connectivity index (χ2n) is 7.71. The Kier molecular flexibility index (Phi) is 6.98. The quantitative estimate of drug-likeness (QED) is 0.635. The first-order chi connectivity index (χ1) is 13.5. The van der Waals surface area contributed by atoms with Crippen molar-refractivity contribution in [3.05, 3.63) is 42.4 Å². The van der Waals surface area contributed by atoms with Crippen molar-refractivity contribution in [2.75, 3.05) is 20.1 Å². The second kappa shape index (κ2) is 9.64. The summed E-state index contributed by atoms with van der Waals surface area (Å²) < 4.78 is 5.99. The normalized spacial score (nSPS) is 15.8. The molecule has 1 aromatic carbocycles. The van der Waals surface area contributed by atoms with Crippen molar-refractivity contribution in [2.24, 2.45) is 5.92 Å². The third-order valence-corrected chi connectivity index (χ3v) is 5.15. The van der Waals surface area contributed by atoms with Gasteiger partial charge in [0.05, 0.1) is 12.1 Å². The van der Waals surface area contributed by atoms with Crippen LogP contribution < -0.4 is 5.32 Å². The Bertz CT molecular complexity index is 781. The van der Waals surface area contributed by atoms with E-state index in [2.05, 4.69) is 15.2 Å². The first-order valence-electron chi connectivity index (χ1n) is 10.0. The lowest BCUT2D eigenvalue weighted by Crippen LogP contribution is -2.52. The van der Waals surface area contributed by atoms with Gasteiger partial charge in [-0.1, -0.05) is 43.2 Å². The number of rotatable bonds is 10. The number of unbranched alkanes of at least 4 members (excludes halogenated alkanes) is 2. The van der Waals surface area contributed by atoms with Crippen molar-refractivity contribution in [1.82, 2.24) is 15.2 Å². The molecule has 0 aliphatic carbocycles. The van der Waals surface area contributed by atoms with E-state index in [0.717, 1.165) is 44.3 Å². The molecule has 1 N–H and O–H groups in total. The molecule has 1 aliphatic rings. The monoisotopic (exact) mass is 383 g/mol. The first kappa shape index (κ1) is 20.3. The first-order valence-corrected chi connectivity index (χ1v) is 10.0. The summed E-state index contributed by atoms with van der Waals surface area (Å²) in [5, 5.41) is 3.13. The fraction of sp³-hybridized carbons (Fsp3) is 0.500.